The van der Waals surface area contributed by atoms with E-state index in [9.17, 15) is 22.4 Å². The Morgan fingerprint density at radius 2 is 1.70 bits per heavy atom. The van der Waals surface area contributed by atoms with Crippen LogP contribution in [0, 0.1) is 5.82 Å². The molecule has 3 heterocycles. The van der Waals surface area contributed by atoms with Crippen molar-refractivity contribution in [2.75, 3.05) is 43.5 Å². The van der Waals surface area contributed by atoms with Gasteiger partial charge in [-0.25, -0.2) is 9.07 Å². The summed E-state index contributed by atoms with van der Waals surface area (Å²) in [4.78, 5) is 16.8. The summed E-state index contributed by atoms with van der Waals surface area (Å²) in [5.41, 5.74) is 1.23. The van der Waals surface area contributed by atoms with Crippen LogP contribution in [0.1, 0.15) is 34.6 Å². The van der Waals surface area contributed by atoms with Crippen molar-refractivity contribution in [2.45, 2.75) is 24.7 Å². The number of amides is 1. The van der Waals surface area contributed by atoms with Gasteiger partial charge in [-0.05, 0) is 42.0 Å². The zero-order valence-corrected chi connectivity index (χ0v) is 20.6. The molecule has 2 aliphatic rings. The molecule has 0 saturated carbocycles. The normalized spacial score (nSPS) is 19.8. The summed E-state index contributed by atoms with van der Waals surface area (Å²) in [5.74, 6) is -0.322. The molecule has 37 heavy (non-hydrogen) atoms. The van der Waals surface area contributed by atoms with E-state index < -0.39 is 24.2 Å². The topological polar surface area (TPSA) is 62.6 Å². The maximum absolute atomic E-state index is 14.1. The molecule has 2 aliphatic heterocycles. The minimum Gasteiger partial charge on any atom is -0.497 e. The number of benzene rings is 2. The molecule has 0 radical (unpaired) electrons. The van der Waals surface area contributed by atoms with E-state index in [1.165, 1.54) is 24.1 Å². The van der Waals surface area contributed by atoms with Crippen molar-refractivity contribution < 1.29 is 27.1 Å². The summed E-state index contributed by atoms with van der Waals surface area (Å²) < 4.78 is 61.4. The summed E-state index contributed by atoms with van der Waals surface area (Å²) >= 11 is 6.48. The van der Waals surface area contributed by atoms with E-state index in [2.05, 4.69) is 10.4 Å². The van der Waals surface area contributed by atoms with Crippen molar-refractivity contribution in [3.05, 3.63) is 70.6 Å². The summed E-state index contributed by atoms with van der Waals surface area (Å²) in [5, 5.41) is 6.96. The highest BCUT2D eigenvalue weighted by Crippen LogP contribution is 2.46. The molecule has 0 aliphatic carbocycles. The molecule has 2 aromatic carbocycles. The van der Waals surface area contributed by atoms with Crippen LogP contribution in [0.3, 0.4) is 0 Å². The molecule has 7 nitrogen and oxygen atoms in total. The third-order valence-corrected chi connectivity index (χ3v) is 7.13. The number of carbonyl (C=O) groups is 1. The van der Waals surface area contributed by atoms with Crippen LogP contribution < -0.4 is 15.0 Å². The van der Waals surface area contributed by atoms with Gasteiger partial charge in [-0.3, -0.25) is 4.79 Å². The molecule has 1 fully saturated rings. The van der Waals surface area contributed by atoms with Crippen molar-refractivity contribution >= 4 is 29.0 Å². The minimum atomic E-state index is -4.60. The highest BCUT2D eigenvalue weighted by atomic mass is 35.5. The van der Waals surface area contributed by atoms with Crippen molar-refractivity contribution in [3.8, 4) is 5.75 Å². The van der Waals surface area contributed by atoms with Gasteiger partial charge in [0.05, 0.1) is 13.2 Å². The Labute approximate surface area is 215 Å². The first-order chi connectivity index (χ1) is 17.7. The Bertz CT molecular complexity index is 1270. The van der Waals surface area contributed by atoms with Gasteiger partial charge in [0, 0.05) is 38.3 Å². The molecule has 1 saturated heterocycles. The van der Waals surface area contributed by atoms with E-state index in [1.807, 2.05) is 4.90 Å². The van der Waals surface area contributed by atoms with Gasteiger partial charge in [-0.2, -0.15) is 18.3 Å². The number of piperazine rings is 1. The number of rotatable bonds is 4. The Hall–Kier alpha value is -3.47. The lowest BCUT2D eigenvalue weighted by Gasteiger charge is -2.35. The fraction of sp³-hybridized carbons (Fsp3) is 0.360. The maximum atomic E-state index is 14.1. The molecular weight excluding hydrogens is 514 g/mol. The number of carbonyl (C=O) groups excluding carboxylic acids is 1. The Morgan fingerprint density at radius 3 is 2.30 bits per heavy atom. The quantitative estimate of drug-likeness (QED) is 0.457. The summed E-state index contributed by atoms with van der Waals surface area (Å²) in [7, 11) is 1.51. The molecule has 2 atom stereocenters. The molecule has 0 spiro atoms. The van der Waals surface area contributed by atoms with Crippen molar-refractivity contribution in [1.29, 1.82) is 0 Å². The molecule has 3 aromatic rings. The van der Waals surface area contributed by atoms with Gasteiger partial charge in [-0.1, -0.05) is 23.7 Å². The highest BCUT2D eigenvalue weighted by Gasteiger charge is 2.48. The predicted octanol–water partition coefficient (Wildman–Crippen LogP) is 5.31. The van der Waals surface area contributed by atoms with Crippen molar-refractivity contribution in [1.82, 2.24) is 14.7 Å². The second kappa shape index (κ2) is 9.77. The first kappa shape index (κ1) is 25.2. The Morgan fingerprint density at radius 1 is 1.05 bits per heavy atom. The zero-order valence-electron chi connectivity index (χ0n) is 19.8. The monoisotopic (exact) mass is 537 g/mol. The molecule has 5 rings (SSSR count). The Balaban J connectivity index is 1.37. The van der Waals surface area contributed by atoms with Crippen LogP contribution in [-0.4, -0.2) is 60.1 Å². The van der Waals surface area contributed by atoms with E-state index in [4.69, 9.17) is 16.3 Å². The van der Waals surface area contributed by atoms with Gasteiger partial charge in [0.2, 0.25) is 0 Å². The lowest BCUT2D eigenvalue weighted by molar-refractivity contribution is -0.173. The fourth-order valence-corrected chi connectivity index (χ4v) is 5.01. The fourth-order valence-electron chi connectivity index (χ4n) is 4.75. The van der Waals surface area contributed by atoms with Crippen LogP contribution in [0.25, 0.3) is 0 Å². The number of methoxy groups -OCH3 is 1. The minimum absolute atomic E-state index is 0.0376. The Kier molecular flexibility index (Phi) is 6.65. The summed E-state index contributed by atoms with van der Waals surface area (Å²) in [6.07, 6.45) is -4.91. The van der Waals surface area contributed by atoms with Crippen LogP contribution >= 0.6 is 11.6 Å². The van der Waals surface area contributed by atoms with E-state index >= 15 is 0 Å². The number of halogens is 5. The van der Waals surface area contributed by atoms with E-state index in [0.717, 1.165) is 10.4 Å². The summed E-state index contributed by atoms with van der Waals surface area (Å²) in [6, 6.07) is 10.1. The van der Waals surface area contributed by atoms with Crippen molar-refractivity contribution in [2.24, 2.45) is 0 Å². The molecule has 1 amide bonds. The van der Waals surface area contributed by atoms with E-state index in [0.29, 0.717) is 37.5 Å². The van der Waals surface area contributed by atoms with Gasteiger partial charge in [-0.15, -0.1) is 0 Å². The number of ether oxygens (including phenoxy) is 1. The SMILES string of the molecule is COc1ccc([C@@H]2C[C@H](C(F)(F)F)n3nc(C(=O)N4CCN(c5ccc(F)cc5)CC4)c(Cl)c3N2)cc1. The van der Waals surface area contributed by atoms with Crippen LogP contribution in [0.15, 0.2) is 48.5 Å². The number of hydrogen-bond acceptors (Lipinski definition) is 5. The smallest absolute Gasteiger partial charge is 0.410 e. The largest absolute Gasteiger partial charge is 0.497 e. The van der Waals surface area contributed by atoms with Crippen LogP contribution in [0.4, 0.5) is 29.1 Å². The third-order valence-electron chi connectivity index (χ3n) is 6.78. The second-order valence-corrected chi connectivity index (χ2v) is 9.35. The second-order valence-electron chi connectivity index (χ2n) is 8.97. The molecule has 1 aromatic heterocycles. The van der Waals surface area contributed by atoms with E-state index in [1.54, 1.807) is 36.4 Å². The number of nitrogens with zero attached hydrogens (tertiary/aromatic N) is 4. The highest BCUT2D eigenvalue weighted by molar-refractivity contribution is 6.36. The van der Waals surface area contributed by atoms with Gasteiger partial charge in [0.1, 0.15) is 22.4 Å². The molecule has 1 N–H and O–H groups in total. The van der Waals surface area contributed by atoms with Crippen LogP contribution in [-0.2, 0) is 0 Å². The van der Waals surface area contributed by atoms with Crippen molar-refractivity contribution in [3.63, 3.8) is 0 Å². The van der Waals surface area contributed by atoms with Gasteiger partial charge >= 0.3 is 6.18 Å². The molecule has 12 heteroatoms. The molecule has 0 bridgehead atoms. The third kappa shape index (κ3) is 4.92. The lowest BCUT2D eigenvalue weighted by atomic mass is 9.97. The number of anilines is 2. The van der Waals surface area contributed by atoms with Gasteiger partial charge in [0.15, 0.2) is 11.7 Å². The van der Waals surface area contributed by atoms with Crippen LogP contribution in [0.5, 0.6) is 5.75 Å². The molecular formula is C25H24ClF4N5O2. The number of fused-ring (bicyclic) bond motifs is 1. The number of nitrogens with one attached hydrogen (secondary N) is 1. The van der Waals surface area contributed by atoms with Gasteiger partial charge in [0.25, 0.3) is 5.91 Å². The maximum Gasteiger partial charge on any atom is 0.410 e. The first-order valence-electron chi connectivity index (χ1n) is 11.7. The molecule has 196 valence electrons. The number of alkyl halides is 3. The number of aromatic nitrogens is 2. The predicted molar refractivity (Wildman–Crippen MR) is 131 cm³/mol. The average molecular weight is 538 g/mol. The van der Waals surface area contributed by atoms with Gasteiger partial charge < -0.3 is 19.9 Å². The average Bonchev–Trinajstić information content (AvgIpc) is 3.24. The van der Waals surface area contributed by atoms with E-state index in [-0.39, 0.29) is 28.8 Å². The first-order valence-corrected chi connectivity index (χ1v) is 12.1. The lowest BCUT2D eigenvalue weighted by Crippen LogP contribution is -2.49. The number of hydrogen-bond donors (Lipinski definition) is 1. The molecule has 0 unspecified atom stereocenters. The standard InChI is InChI=1S/C25H24ClF4N5O2/c1-37-18-8-2-15(3-9-18)19-14-20(25(28,29)30)35-23(31-19)21(26)22(32-35)24(36)34-12-10-33(11-13-34)17-6-4-16(27)5-7-17/h2-9,19-20,31H,10-14H2,1H3/t19-,20+/m0/s1. The van der Waals surface area contributed by atoms with Crippen LogP contribution in [0.2, 0.25) is 5.02 Å². The summed E-state index contributed by atoms with van der Waals surface area (Å²) in [6.45, 7) is 1.59. The zero-order chi connectivity index (χ0) is 26.3.